The minimum absolute atomic E-state index is 0. The van der Waals surface area contributed by atoms with Gasteiger partial charge in [-0.05, 0) is 53.3 Å². The topological polar surface area (TPSA) is 20.7 Å². The lowest BCUT2D eigenvalue weighted by molar-refractivity contribution is 0.494. The van der Waals surface area contributed by atoms with E-state index in [1.54, 1.807) is 0 Å². The number of nitrogens with one attached hydrogen (secondary N) is 1. The van der Waals surface area contributed by atoms with Crippen LogP contribution in [0.3, 0.4) is 0 Å². The molecule has 0 fully saturated rings. The highest BCUT2D eigenvalue weighted by atomic mass is 127. The highest BCUT2D eigenvalue weighted by Gasteiger charge is 2.41. The molecule has 0 aromatic carbocycles. The predicted octanol–water partition coefficient (Wildman–Crippen LogP) is 13.8. The fourth-order valence-corrected chi connectivity index (χ4v) is 7.68. The second-order valence-electron chi connectivity index (χ2n) is 21.4. The summed E-state index contributed by atoms with van der Waals surface area (Å²) in [5.41, 5.74) is 12.9. The van der Waals surface area contributed by atoms with Crippen LogP contribution in [-0.2, 0) is 43.3 Å². The third kappa shape index (κ3) is 11.2. The van der Waals surface area contributed by atoms with E-state index in [2.05, 4.69) is 185 Å². The molecule has 2 aromatic heterocycles. The minimum Gasteiger partial charge on any atom is -0.361 e. The maximum absolute atomic E-state index is 3.84. The molecule has 266 valence electrons. The minimum atomic E-state index is 0. The molecule has 0 aliphatic heterocycles. The molecule has 0 saturated carbocycles. The van der Waals surface area contributed by atoms with Crippen molar-refractivity contribution in [1.82, 2.24) is 9.32 Å². The second kappa shape index (κ2) is 14.4. The molecule has 0 saturated heterocycles. The molecule has 0 aliphatic rings. The number of H-pyrrole nitrogens is 1. The maximum atomic E-state index is 3.84. The third-order valence-electron chi connectivity index (χ3n) is 8.13. The van der Waals surface area contributed by atoms with Crippen LogP contribution in [0.4, 0.5) is 0 Å². The van der Waals surface area contributed by atoms with Crippen molar-refractivity contribution in [2.75, 3.05) is 0 Å². The van der Waals surface area contributed by atoms with Gasteiger partial charge in [-0.15, -0.1) is 48.0 Å². The summed E-state index contributed by atoms with van der Waals surface area (Å²) in [7, 11) is 3.01. The molecule has 1 N–H and O–H groups in total. The van der Waals surface area contributed by atoms with E-state index in [-0.39, 0.29) is 91.3 Å². The van der Waals surface area contributed by atoms with Gasteiger partial charge in [0.25, 0.3) is 0 Å². The van der Waals surface area contributed by atoms with Crippen molar-refractivity contribution in [1.29, 1.82) is 0 Å². The van der Waals surface area contributed by atoms with Gasteiger partial charge in [-0.25, -0.2) is 0 Å². The van der Waals surface area contributed by atoms with Gasteiger partial charge in [-0.1, -0.05) is 166 Å². The van der Waals surface area contributed by atoms with Crippen molar-refractivity contribution in [3.8, 4) is 0 Å². The Morgan fingerprint density at radius 3 is 0.667 bits per heavy atom. The molecule has 0 bridgehead atoms. The average molecular weight is 871 g/mol. The summed E-state index contributed by atoms with van der Waals surface area (Å²) in [5, 5.41) is 0. The summed E-state index contributed by atoms with van der Waals surface area (Å²) in [6, 6.07) is 0. The number of aromatic amines is 1. The lowest BCUT2D eigenvalue weighted by atomic mass is 9.70. The Balaban J connectivity index is 0. The summed E-state index contributed by atoms with van der Waals surface area (Å²) < 4.78 is 2.42. The summed E-state index contributed by atoms with van der Waals surface area (Å²) >= 11 is 0. The number of aromatic nitrogens is 2. The Bertz CT molecular complexity index is 1170. The summed E-state index contributed by atoms with van der Waals surface area (Å²) in [4.78, 5) is 3.84. The fourth-order valence-electron chi connectivity index (χ4n) is 6.65. The van der Waals surface area contributed by atoms with Crippen LogP contribution < -0.4 is 0 Å². The molecule has 1 atom stereocenters. The van der Waals surface area contributed by atoms with E-state index in [0.29, 0.717) is 0 Å². The van der Waals surface area contributed by atoms with Crippen LogP contribution >= 0.6 is 57.3 Å². The van der Waals surface area contributed by atoms with E-state index in [4.69, 9.17) is 0 Å². The lowest BCUT2D eigenvalue weighted by Crippen LogP contribution is -2.26. The van der Waals surface area contributed by atoms with E-state index in [1.165, 1.54) is 45.0 Å². The van der Waals surface area contributed by atoms with Crippen molar-refractivity contribution in [2.45, 2.75) is 209 Å². The van der Waals surface area contributed by atoms with Crippen LogP contribution in [0.2, 0.25) is 0 Å². The highest BCUT2D eigenvalue weighted by Crippen LogP contribution is 2.49. The first-order valence-electron chi connectivity index (χ1n) is 16.7. The molecule has 0 radical (unpaired) electrons. The maximum Gasteiger partial charge on any atom is 0.0304 e. The smallest absolute Gasteiger partial charge is 0.0304 e. The van der Waals surface area contributed by atoms with Crippen LogP contribution in [0.25, 0.3) is 0 Å². The van der Waals surface area contributed by atoms with E-state index in [1.807, 2.05) is 0 Å². The Morgan fingerprint density at radius 2 is 0.533 bits per heavy atom. The van der Waals surface area contributed by atoms with E-state index in [9.17, 15) is 0 Å². The second-order valence-corrected chi connectivity index (χ2v) is 22.0. The monoisotopic (exact) mass is 870 g/mol. The van der Waals surface area contributed by atoms with Gasteiger partial charge in [-0.2, -0.15) is 0 Å². The summed E-state index contributed by atoms with van der Waals surface area (Å²) in [5.74, 6) is 0. The highest BCUT2D eigenvalue weighted by molar-refractivity contribution is 14.0. The van der Waals surface area contributed by atoms with Crippen molar-refractivity contribution in [3.05, 3.63) is 45.0 Å². The number of hydrogen-bond donors (Lipinski definition) is 1. The molecule has 2 aromatic rings. The molecule has 2 nitrogen and oxygen atoms in total. The summed E-state index contributed by atoms with van der Waals surface area (Å²) in [6.07, 6.45) is 0. The van der Waals surface area contributed by atoms with Crippen LogP contribution in [0, 0.1) is 0 Å². The Labute approximate surface area is 318 Å². The zero-order valence-electron chi connectivity index (χ0n) is 34.3. The SMILES string of the molecule is CC(C)(C)c1[nH]c(C(C)(C)C)c(C(C)(C)C)c1C(C)(C)C.CC(C)(C)c1c(C(C)(C)C)c(C(C)(C)C)n(P)c1C(C)(C)C.I.I. The standard InChI is InChI=1S/C20H38NP.C20H37N.2HI/c1-17(2,3)13-14(18(4,5)6)16(20(10,11)12)21(22)15(13)19(7,8)9;1-17(2,3)13-14(18(4,5)6)16(20(10,11)12)21-15(13)19(7,8)9;;/h22H2,1-12H3;21H,1-12H3;2*1H. The number of hydrogen-bond acceptors (Lipinski definition) is 0. The van der Waals surface area contributed by atoms with Gasteiger partial charge in [-0.3, -0.25) is 0 Å². The normalized spacial score (nSPS) is 14.0. The number of rotatable bonds is 0. The third-order valence-corrected chi connectivity index (χ3v) is 8.64. The van der Waals surface area contributed by atoms with Gasteiger partial charge >= 0.3 is 0 Å². The van der Waals surface area contributed by atoms with Gasteiger partial charge in [0.05, 0.1) is 0 Å². The largest absolute Gasteiger partial charge is 0.361 e. The van der Waals surface area contributed by atoms with Gasteiger partial charge in [0, 0.05) is 44.4 Å². The molecule has 1 unspecified atom stereocenters. The molecule has 45 heavy (non-hydrogen) atoms. The first-order valence-corrected chi connectivity index (χ1v) is 17.2. The van der Waals surface area contributed by atoms with Crippen LogP contribution in [-0.4, -0.2) is 9.32 Å². The molecule has 0 spiro atoms. The Morgan fingerprint density at radius 1 is 0.333 bits per heavy atom. The van der Waals surface area contributed by atoms with Gasteiger partial charge in [0.15, 0.2) is 0 Å². The fraction of sp³-hybridized carbons (Fsp3) is 0.800. The molecular formula is C40H77I2N2P. The number of nitrogens with zero attached hydrogens (tertiary/aromatic N) is 1. The van der Waals surface area contributed by atoms with Crippen molar-refractivity contribution in [2.24, 2.45) is 0 Å². The van der Waals surface area contributed by atoms with E-state index >= 15 is 0 Å². The quantitative estimate of drug-likeness (QED) is 0.201. The van der Waals surface area contributed by atoms with Gasteiger partial charge < -0.3 is 9.32 Å². The molecule has 0 amide bonds. The first kappa shape index (κ1) is 47.6. The summed E-state index contributed by atoms with van der Waals surface area (Å²) in [6.45, 7) is 56.0. The van der Waals surface area contributed by atoms with Crippen LogP contribution in [0.15, 0.2) is 0 Å². The van der Waals surface area contributed by atoms with E-state index < -0.39 is 0 Å². The predicted molar refractivity (Wildman–Crippen MR) is 231 cm³/mol. The number of halogens is 2. The molecular weight excluding hydrogens is 793 g/mol. The molecule has 5 heteroatoms. The van der Waals surface area contributed by atoms with E-state index in [0.717, 1.165) is 0 Å². The van der Waals surface area contributed by atoms with Crippen LogP contribution in [0.1, 0.15) is 211 Å². The van der Waals surface area contributed by atoms with Crippen molar-refractivity contribution in [3.63, 3.8) is 0 Å². The first-order chi connectivity index (χ1) is 18.4. The van der Waals surface area contributed by atoms with Crippen LogP contribution in [0.5, 0.6) is 0 Å². The average Bonchev–Trinajstić information content (AvgIpc) is 3.23. The molecule has 2 rings (SSSR count). The molecule has 0 aliphatic carbocycles. The molecule has 2 heterocycles. The Hall–Kier alpha value is 0.450. The zero-order chi connectivity index (χ0) is 34.9. The zero-order valence-corrected chi connectivity index (χ0v) is 40.2. The van der Waals surface area contributed by atoms with Crippen molar-refractivity contribution >= 4 is 57.3 Å². The van der Waals surface area contributed by atoms with Gasteiger partial charge in [0.2, 0.25) is 0 Å². The Kier molecular flexibility index (Phi) is 15.2. The van der Waals surface area contributed by atoms with Gasteiger partial charge in [0.1, 0.15) is 0 Å². The lowest BCUT2D eigenvalue weighted by Gasteiger charge is -2.33. The van der Waals surface area contributed by atoms with Crippen molar-refractivity contribution < 1.29 is 0 Å².